The summed E-state index contributed by atoms with van der Waals surface area (Å²) < 4.78 is 45.6. The number of hydrogen-bond acceptors (Lipinski definition) is 4. The molecular formula is C10H11BrF3N5O. The zero-order valence-corrected chi connectivity index (χ0v) is 12.1. The predicted octanol–water partition coefficient (Wildman–Crippen LogP) is 2.31. The van der Waals surface area contributed by atoms with Gasteiger partial charge in [0.15, 0.2) is 11.6 Å². The van der Waals surface area contributed by atoms with E-state index in [2.05, 4.69) is 36.2 Å². The maximum absolute atomic E-state index is 12.7. The molecule has 20 heavy (non-hydrogen) atoms. The van der Waals surface area contributed by atoms with Gasteiger partial charge in [0, 0.05) is 26.6 Å². The Balaban J connectivity index is 2.33. The monoisotopic (exact) mass is 353 g/mol. The molecule has 0 aliphatic rings. The van der Waals surface area contributed by atoms with Crippen LogP contribution in [0.2, 0.25) is 0 Å². The van der Waals surface area contributed by atoms with Crippen molar-refractivity contribution < 1.29 is 17.9 Å². The number of aromatic nitrogens is 4. The van der Waals surface area contributed by atoms with Crippen molar-refractivity contribution in [1.29, 1.82) is 0 Å². The number of aryl methyl sites for hydroxylation is 1. The van der Waals surface area contributed by atoms with E-state index in [1.807, 2.05) is 0 Å². The molecule has 110 valence electrons. The second kappa shape index (κ2) is 5.44. The SMILES string of the molecule is COC(Nc1nn(C)c(-n2cccn2)c1Br)C(F)(F)F. The van der Waals surface area contributed by atoms with Gasteiger partial charge in [0.2, 0.25) is 6.23 Å². The van der Waals surface area contributed by atoms with Crippen LogP contribution >= 0.6 is 15.9 Å². The second-order valence-corrected chi connectivity index (χ2v) is 4.66. The molecule has 1 atom stereocenters. The van der Waals surface area contributed by atoms with Crippen molar-refractivity contribution in [2.75, 3.05) is 12.4 Å². The summed E-state index contributed by atoms with van der Waals surface area (Å²) in [4.78, 5) is 0. The Bertz CT molecular complexity index is 580. The minimum absolute atomic E-state index is 0.0159. The van der Waals surface area contributed by atoms with Gasteiger partial charge in [0.25, 0.3) is 0 Å². The summed E-state index contributed by atoms with van der Waals surface area (Å²) in [6.07, 6.45) is -3.47. The maximum Gasteiger partial charge on any atom is 0.433 e. The van der Waals surface area contributed by atoms with Crippen LogP contribution in [0.1, 0.15) is 0 Å². The molecular weight excluding hydrogens is 343 g/mol. The number of halogens is 4. The summed E-state index contributed by atoms with van der Waals surface area (Å²) in [5, 5.41) is 10.2. The van der Waals surface area contributed by atoms with Gasteiger partial charge in [-0.3, -0.25) is 0 Å². The Morgan fingerprint density at radius 3 is 2.65 bits per heavy atom. The van der Waals surface area contributed by atoms with E-state index >= 15 is 0 Å². The van der Waals surface area contributed by atoms with E-state index in [1.54, 1.807) is 25.5 Å². The molecule has 0 radical (unpaired) electrons. The first kappa shape index (κ1) is 14.9. The third kappa shape index (κ3) is 2.80. The molecule has 0 saturated carbocycles. The van der Waals surface area contributed by atoms with E-state index in [9.17, 15) is 13.2 Å². The van der Waals surface area contributed by atoms with Crippen molar-refractivity contribution in [2.24, 2.45) is 7.05 Å². The number of nitrogens with one attached hydrogen (secondary N) is 1. The number of methoxy groups -OCH3 is 1. The minimum atomic E-state index is -4.54. The summed E-state index contributed by atoms with van der Waals surface area (Å²) >= 11 is 3.22. The number of rotatable bonds is 4. The van der Waals surface area contributed by atoms with E-state index in [-0.39, 0.29) is 5.82 Å². The highest BCUT2D eigenvalue weighted by molar-refractivity contribution is 9.10. The molecule has 1 N–H and O–H groups in total. The van der Waals surface area contributed by atoms with Crippen LogP contribution in [0.5, 0.6) is 0 Å². The average molecular weight is 354 g/mol. The van der Waals surface area contributed by atoms with Crippen LogP contribution in [0.25, 0.3) is 5.82 Å². The summed E-state index contributed by atoms with van der Waals surface area (Å²) in [5.74, 6) is 0.511. The summed E-state index contributed by atoms with van der Waals surface area (Å²) in [6.45, 7) is 0. The van der Waals surface area contributed by atoms with Gasteiger partial charge in [-0.2, -0.15) is 23.4 Å². The van der Waals surface area contributed by atoms with Gasteiger partial charge in [-0.25, -0.2) is 9.36 Å². The zero-order chi connectivity index (χ0) is 14.9. The quantitative estimate of drug-likeness (QED) is 0.857. The van der Waals surface area contributed by atoms with Crippen LogP contribution in [0.3, 0.4) is 0 Å². The molecule has 0 aliphatic carbocycles. The zero-order valence-electron chi connectivity index (χ0n) is 10.5. The third-order valence-corrected chi connectivity index (χ3v) is 3.21. The maximum atomic E-state index is 12.7. The molecule has 0 aliphatic heterocycles. The van der Waals surface area contributed by atoms with Gasteiger partial charge in [-0.05, 0) is 22.0 Å². The fourth-order valence-corrected chi connectivity index (χ4v) is 2.26. The van der Waals surface area contributed by atoms with Crippen molar-refractivity contribution in [3.63, 3.8) is 0 Å². The summed E-state index contributed by atoms with van der Waals surface area (Å²) in [5.41, 5.74) is 0. The molecule has 1 unspecified atom stereocenters. The first-order valence-electron chi connectivity index (χ1n) is 5.43. The topological polar surface area (TPSA) is 56.9 Å². The standard InChI is InChI=1S/C10H11BrF3N5O/c1-18-8(19-5-3-4-15-19)6(11)7(17-18)16-9(20-2)10(12,13)14/h3-5,9H,1-2H3,(H,16,17). The molecule has 0 saturated heterocycles. The fraction of sp³-hybridized carbons (Fsp3) is 0.400. The summed E-state index contributed by atoms with van der Waals surface area (Å²) in [7, 11) is 2.57. The molecule has 2 aromatic rings. The van der Waals surface area contributed by atoms with Crippen LogP contribution in [-0.2, 0) is 11.8 Å². The van der Waals surface area contributed by atoms with Gasteiger partial charge < -0.3 is 10.1 Å². The largest absolute Gasteiger partial charge is 0.433 e. The first-order valence-corrected chi connectivity index (χ1v) is 6.22. The van der Waals surface area contributed by atoms with E-state index in [4.69, 9.17) is 0 Å². The molecule has 10 heteroatoms. The Labute approximate surface area is 120 Å². The van der Waals surface area contributed by atoms with Gasteiger partial charge in [0.1, 0.15) is 4.47 Å². The molecule has 2 aromatic heterocycles. The number of nitrogens with zero attached hydrogens (tertiary/aromatic N) is 4. The van der Waals surface area contributed by atoms with Crippen molar-refractivity contribution in [3.8, 4) is 5.82 Å². The van der Waals surface area contributed by atoms with E-state index < -0.39 is 12.4 Å². The van der Waals surface area contributed by atoms with Crippen LogP contribution in [0.15, 0.2) is 22.9 Å². The summed E-state index contributed by atoms with van der Waals surface area (Å²) in [6, 6.07) is 1.69. The fourth-order valence-electron chi connectivity index (χ4n) is 1.62. The molecule has 0 fully saturated rings. The highest BCUT2D eigenvalue weighted by Crippen LogP contribution is 2.31. The third-order valence-electron chi connectivity index (χ3n) is 2.48. The molecule has 6 nitrogen and oxygen atoms in total. The molecule has 0 aromatic carbocycles. The smallest absolute Gasteiger partial charge is 0.353 e. The Morgan fingerprint density at radius 2 is 2.15 bits per heavy atom. The lowest BCUT2D eigenvalue weighted by molar-refractivity contribution is -0.203. The Hall–Kier alpha value is -1.55. The van der Waals surface area contributed by atoms with Crippen molar-refractivity contribution in [2.45, 2.75) is 12.4 Å². The molecule has 2 rings (SSSR count). The van der Waals surface area contributed by atoms with Crippen LogP contribution in [-0.4, -0.2) is 39.1 Å². The Kier molecular flexibility index (Phi) is 4.04. The highest BCUT2D eigenvalue weighted by atomic mass is 79.9. The van der Waals surface area contributed by atoms with Gasteiger partial charge >= 0.3 is 6.18 Å². The molecule has 0 spiro atoms. The highest BCUT2D eigenvalue weighted by Gasteiger charge is 2.41. The van der Waals surface area contributed by atoms with Crippen LogP contribution in [0.4, 0.5) is 19.0 Å². The molecule has 0 amide bonds. The normalized spacial score (nSPS) is 13.5. The Morgan fingerprint density at radius 1 is 1.45 bits per heavy atom. The lowest BCUT2D eigenvalue weighted by atomic mass is 10.5. The van der Waals surface area contributed by atoms with Crippen LogP contribution in [0, 0.1) is 0 Å². The van der Waals surface area contributed by atoms with Crippen molar-refractivity contribution in [1.82, 2.24) is 19.6 Å². The number of ether oxygens (including phenoxy) is 1. The minimum Gasteiger partial charge on any atom is -0.353 e. The van der Waals surface area contributed by atoms with Crippen molar-refractivity contribution in [3.05, 3.63) is 22.9 Å². The van der Waals surface area contributed by atoms with Gasteiger partial charge in [-0.1, -0.05) is 0 Å². The number of alkyl halides is 3. The average Bonchev–Trinajstić information content (AvgIpc) is 2.93. The lowest BCUT2D eigenvalue weighted by Gasteiger charge is -2.19. The molecule has 2 heterocycles. The predicted molar refractivity (Wildman–Crippen MR) is 68.5 cm³/mol. The number of hydrogen-bond donors (Lipinski definition) is 1. The van der Waals surface area contributed by atoms with E-state index in [0.29, 0.717) is 10.3 Å². The first-order chi connectivity index (χ1) is 9.34. The van der Waals surface area contributed by atoms with Crippen molar-refractivity contribution >= 4 is 21.7 Å². The lowest BCUT2D eigenvalue weighted by Crippen LogP contribution is -2.38. The second-order valence-electron chi connectivity index (χ2n) is 3.86. The van der Waals surface area contributed by atoms with Gasteiger partial charge in [0.05, 0.1) is 0 Å². The number of anilines is 1. The van der Waals surface area contributed by atoms with E-state index in [0.717, 1.165) is 7.11 Å². The van der Waals surface area contributed by atoms with Gasteiger partial charge in [-0.15, -0.1) is 0 Å². The van der Waals surface area contributed by atoms with Crippen LogP contribution < -0.4 is 5.32 Å². The molecule has 0 bridgehead atoms. The van der Waals surface area contributed by atoms with E-state index in [1.165, 1.54) is 9.36 Å².